The predicted molar refractivity (Wildman–Crippen MR) is 117 cm³/mol. The number of aromatic nitrogens is 1. The lowest BCUT2D eigenvalue weighted by Gasteiger charge is -2.28. The highest BCUT2D eigenvalue weighted by Gasteiger charge is 2.23. The van der Waals surface area contributed by atoms with E-state index in [-0.39, 0.29) is 16.4 Å². The number of nitro groups is 1. The molecule has 1 saturated heterocycles. The molecule has 9 nitrogen and oxygen atoms in total. The highest BCUT2D eigenvalue weighted by atomic mass is 127. The number of nitro benzene ring substituents is 1. The Labute approximate surface area is 179 Å². The van der Waals surface area contributed by atoms with Crippen molar-refractivity contribution in [2.24, 2.45) is 0 Å². The van der Waals surface area contributed by atoms with E-state index in [4.69, 9.17) is 17.0 Å². The van der Waals surface area contributed by atoms with Crippen LogP contribution < -0.4 is 15.5 Å². The van der Waals surface area contributed by atoms with Gasteiger partial charge in [-0.15, -0.1) is 0 Å². The van der Waals surface area contributed by atoms with Gasteiger partial charge in [0.2, 0.25) is 0 Å². The summed E-state index contributed by atoms with van der Waals surface area (Å²) < 4.78 is 6.24. The predicted octanol–water partition coefficient (Wildman–Crippen LogP) is 2.56. The summed E-state index contributed by atoms with van der Waals surface area (Å²) in [6, 6.07) is 7.94. The lowest BCUT2D eigenvalue weighted by Crippen LogP contribution is -2.37. The summed E-state index contributed by atoms with van der Waals surface area (Å²) in [4.78, 5) is 29.5. The second-order valence-corrected chi connectivity index (χ2v) is 7.48. The molecule has 0 aliphatic carbocycles. The summed E-state index contributed by atoms with van der Waals surface area (Å²) in [6.07, 6.45) is 1.65. The molecular weight excluding hydrogens is 497 g/mol. The van der Waals surface area contributed by atoms with E-state index in [1.54, 1.807) is 24.4 Å². The van der Waals surface area contributed by atoms with Crippen molar-refractivity contribution in [3.05, 3.63) is 55.8 Å². The monoisotopic (exact) mass is 513 g/mol. The minimum atomic E-state index is -0.542. The Balaban J connectivity index is 1.72. The van der Waals surface area contributed by atoms with Crippen LogP contribution in [0.25, 0.3) is 0 Å². The van der Waals surface area contributed by atoms with Crippen LogP contribution in [0.3, 0.4) is 0 Å². The molecule has 2 N–H and O–H groups in total. The number of rotatable bonds is 4. The number of carbonyl (C=O) groups is 1. The van der Waals surface area contributed by atoms with E-state index in [1.807, 2.05) is 11.0 Å². The van der Waals surface area contributed by atoms with E-state index in [9.17, 15) is 14.9 Å². The summed E-state index contributed by atoms with van der Waals surface area (Å²) in [5.74, 6) is -0.0565. The Morgan fingerprint density at radius 1 is 1.29 bits per heavy atom. The maximum Gasteiger partial charge on any atom is 0.293 e. The highest BCUT2D eigenvalue weighted by Crippen LogP contribution is 2.29. The second kappa shape index (κ2) is 9.21. The topological polar surface area (TPSA) is 110 Å². The van der Waals surface area contributed by atoms with Crippen molar-refractivity contribution < 1.29 is 14.5 Å². The third kappa shape index (κ3) is 5.11. The van der Waals surface area contributed by atoms with Gasteiger partial charge in [-0.3, -0.25) is 20.2 Å². The van der Waals surface area contributed by atoms with Crippen molar-refractivity contribution in [1.82, 2.24) is 10.3 Å². The van der Waals surface area contributed by atoms with Crippen LogP contribution in [0.15, 0.2) is 36.5 Å². The molecule has 0 radical (unpaired) electrons. The number of hydrogen-bond acceptors (Lipinski definition) is 7. The Morgan fingerprint density at radius 3 is 2.68 bits per heavy atom. The average Bonchev–Trinajstić information content (AvgIpc) is 2.69. The van der Waals surface area contributed by atoms with E-state index in [2.05, 4.69) is 38.2 Å². The van der Waals surface area contributed by atoms with E-state index < -0.39 is 10.8 Å². The van der Waals surface area contributed by atoms with Crippen molar-refractivity contribution >= 4 is 63.0 Å². The number of nitrogens with one attached hydrogen (secondary N) is 2. The minimum Gasteiger partial charge on any atom is -0.378 e. The first-order valence-electron chi connectivity index (χ1n) is 8.29. The number of ether oxygens (including phenoxy) is 1. The zero-order valence-electron chi connectivity index (χ0n) is 14.6. The fourth-order valence-electron chi connectivity index (χ4n) is 2.66. The third-order valence-corrected chi connectivity index (χ3v) is 4.82. The van der Waals surface area contributed by atoms with Gasteiger partial charge < -0.3 is 15.0 Å². The number of halogens is 1. The molecule has 0 spiro atoms. The van der Waals surface area contributed by atoms with E-state index in [0.29, 0.717) is 37.8 Å². The number of thiocarbonyl (C=S) groups is 1. The van der Waals surface area contributed by atoms with Gasteiger partial charge in [0.05, 0.1) is 18.1 Å². The average molecular weight is 513 g/mol. The minimum absolute atomic E-state index is 0.0543. The Kier molecular flexibility index (Phi) is 6.70. The number of hydrogen-bond donors (Lipinski definition) is 2. The number of carbonyl (C=O) groups excluding carboxylic acids is 1. The summed E-state index contributed by atoms with van der Waals surface area (Å²) in [5.41, 5.74) is 0.477. The van der Waals surface area contributed by atoms with Crippen LogP contribution >= 0.6 is 34.8 Å². The maximum atomic E-state index is 12.4. The van der Waals surface area contributed by atoms with Crippen LogP contribution in [-0.4, -0.2) is 47.2 Å². The van der Waals surface area contributed by atoms with Crippen LogP contribution in [0.2, 0.25) is 0 Å². The number of pyridine rings is 1. The molecule has 3 rings (SSSR count). The van der Waals surface area contributed by atoms with Crippen LogP contribution in [0.1, 0.15) is 10.4 Å². The Morgan fingerprint density at radius 2 is 2.04 bits per heavy atom. The quantitative estimate of drug-likeness (QED) is 0.278. The SMILES string of the molecule is O=C(NC(=S)Nc1ccc(I)cn1)c1ccc(N2CCOCC2)c([N+](=O)[O-])c1. The van der Waals surface area contributed by atoms with E-state index >= 15 is 0 Å². The Bertz CT molecular complexity index is 903. The summed E-state index contributed by atoms with van der Waals surface area (Å²) in [5, 5.41) is 16.9. The molecule has 146 valence electrons. The zero-order chi connectivity index (χ0) is 20.1. The van der Waals surface area contributed by atoms with Crippen LogP contribution in [0, 0.1) is 13.7 Å². The lowest BCUT2D eigenvalue weighted by molar-refractivity contribution is -0.384. The molecule has 2 aromatic rings. The molecule has 1 aromatic heterocycles. The molecule has 0 bridgehead atoms. The first-order chi connectivity index (χ1) is 13.4. The molecule has 28 heavy (non-hydrogen) atoms. The molecule has 0 unspecified atom stereocenters. The summed E-state index contributed by atoms with van der Waals surface area (Å²) in [6.45, 7) is 2.13. The molecule has 1 aliphatic rings. The van der Waals surface area contributed by atoms with Gasteiger partial charge in [-0.1, -0.05) is 0 Å². The molecule has 0 saturated carbocycles. The van der Waals surface area contributed by atoms with Crippen molar-refractivity contribution in [1.29, 1.82) is 0 Å². The van der Waals surface area contributed by atoms with Gasteiger partial charge in [0.25, 0.3) is 11.6 Å². The third-order valence-electron chi connectivity index (χ3n) is 3.98. The maximum absolute atomic E-state index is 12.4. The van der Waals surface area contributed by atoms with E-state index in [0.717, 1.165) is 3.57 Å². The second-order valence-electron chi connectivity index (χ2n) is 5.83. The fourth-order valence-corrected chi connectivity index (χ4v) is 3.17. The summed E-state index contributed by atoms with van der Waals surface area (Å²) in [7, 11) is 0. The number of amides is 1. The van der Waals surface area contributed by atoms with Gasteiger partial charge in [0, 0.05) is 34.5 Å². The molecule has 1 aliphatic heterocycles. The first-order valence-corrected chi connectivity index (χ1v) is 9.78. The number of anilines is 2. The van der Waals surface area contributed by atoms with Crippen molar-refractivity contribution in [2.45, 2.75) is 0 Å². The van der Waals surface area contributed by atoms with Crippen LogP contribution in [-0.2, 0) is 4.74 Å². The summed E-state index contributed by atoms with van der Waals surface area (Å²) >= 11 is 7.24. The van der Waals surface area contributed by atoms with E-state index in [1.165, 1.54) is 6.07 Å². The first kappa shape index (κ1) is 20.4. The largest absolute Gasteiger partial charge is 0.378 e. The molecular formula is C17H16IN5O4S. The van der Waals surface area contributed by atoms with Crippen molar-refractivity contribution in [3.8, 4) is 0 Å². The molecule has 0 atom stereocenters. The number of nitrogens with zero attached hydrogens (tertiary/aromatic N) is 3. The smallest absolute Gasteiger partial charge is 0.293 e. The molecule has 1 fully saturated rings. The van der Waals surface area contributed by atoms with Crippen molar-refractivity contribution in [3.63, 3.8) is 0 Å². The van der Waals surface area contributed by atoms with Crippen LogP contribution in [0.4, 0.5) is 17.2 Å². The van der Waals surface area contributed by atoms with Gasteiger partial charge in [-0.25, -0.2) is 4.98 Å². The number of benzene rings is 1. The van der Waals surface area contributed by atoms with Gasteiger partial charge in [-0.05, 0) is 59.1 Å². The van der Waals surface area contributed by atoms with Gasteiger partial charge in [0.1, 0.15) is 11.5 Å². The lowest BCUT2D eigenvalue weighted by atomic mass is 10.1. The van der Waals surface area contributed by atoms with Gasteiger partial charge in [0.15, 0.2) is 5.11 Å². The Hall–Kier alpha value is -2.38. The van der Waals surface area contributed by atoms with Crippen LogP contribution in [0.5, 0.6) is 0 Å². The molecule has 1 aromatic carbocycles. The fraction of sp³-hybridized carbons (Fsp3) is 0.235. The van der Waals surface area contributed by atoms with Gasteiger partial charge in [-0.2, -0.15) is 0 Å². The molecule has 1 amide bonds. The van der Waals surface area contributed by atoms with Gasteiger partial charge >= 0.3 is 0 Å². The highest BCUT2D eigenvalue weighted by molar-refractivity contribution is 14.1. The normalized spacial score (nSPS) is 13.7. The van der Waals surface area contributed by atoms with Crippen molar-refractivity contribution in [2.75, 3.05) is 36.5 Å². The standard InChI is InChI=1S/C17H16IN5O4S/c18-12-2-4-15(19-10-12)20-17(28)21-16(24)11-1-3-13(14(9-11)23(25)26)22-5-7-27-8-6-22/h1-4,9-10H,5-8H2,(H2,19,20,21,24,28). The molecule has 11 heteroatoms. The zero-order valence-corrected chi connectivity index (χ0v) is 17.5. The number of morpholine rings is 1. The molecule has 2 heterocycles.